The molecule has 0 atom stereocenters. The Balaban J connectivity index is 2.31. The standard InChI is InChI=1S/C12H18N2O5S/c1-2-18-12(15)9-20(16,17)14-6-7-19-11-5-3-4-10(13)8-11/h3-5,8,14H,2,6-7,9,13H2,1H3. The molecule has 20 heavy (non-hydrogen) atoms. The summed E-state index contributed by atoms with van der Waals surface area (Å²) < 4.78 is 35.1. The molecule has 1 aromatic rings. The molecule has 1 aromatic carbocycles. The van der Waals surface area contributed by atoms with Gasteiger partial charge in [-0.1, -0.05) is 6.07 Å². The molecule has 0 fully saturated rings. The number of rotatable bonds is 8. The molecule has 0 saturated heterocycles. The van der Waals surface area contributed by atoms with Crippen molar-refractivity contribution in [3.05, 3.63) is 24.3 Å². The Labute approximate surface area is 118 Å². The second-order valence-electron chi connectivity index (χ2n) is 3.88. The quantitative estimate of drug-likeness (QED) is 0.401. The Morgan fingerprint density at radius 2 is 2.15 bits per heavy atom. The van der Waals surface area contributed by atoms with Crippen molar-refractivity contribution in [2.45, 2.75) is 6.92 Å². The van der Waals surface area contributed by atoms with Gasteiger partial charge in [0.25, 0.3) is 0 Å². The van der Waals surface area contributed by atoms with Crippen LogP contribution in [0.1, 0.15) is 6.92 Å². The third-order valence-electron chi connectivity index (χ3n) is 2.16. The third kappa shape index (κ3) is 6.39. The van der Waals surface area contributed by atoms with Gasteiger partial charge in [-0.25, -0.2) is 13.1 Å². The van der Waals surface area contributed by atoms with Crippen LogP contribution in [-0.2, 0) is 19.6 Å². The van der Waals surface area contributed by atoms with Gasteiger partial charge in [0.15, 0.2) is 5.75 Å². The smallest absolute Gasteiger partial charge is 0.322 e. The zero-order valence-corrected chi connectivity index (χ0v) is 12.0. The van der Waals surface area contributed by atoms with E-state index in [9.17, 15) is 13.2 Å². The topological polar surface area (TPSA) is 108 Å². The molecule has 8 heteroatoms. The van der Waals surface area contributed by atoms with Gasteiger partial charge in [0.05, 0.1) is 6.61 Å². The van der Waals surface area contributed by atoms with Crippen molar-refractivity contribution < 1.29 is 22.7 Å². The maximum Gasteiger partial charge on any atom is 0.322 e. The molecule has 0 unspecified atom stereocenters. The number of nitrogen functional groups attached to an aromatic ring is 1. The fourth-order valence-electron chi connectivity index (χ4n) is 1.38. The van der Waals surface area contributed by atoms with Crippen LogP contribution in [0.15, 0.2) is 24.3 Å². The number of carbonyl (C=O) groups is 1. The number of benzene rings is 1. The lowest BCUT2D eigenvalue weighted by Crippen LogP contribution is -2.33. The molecule has 0 bridgehead atoms. The molecule has 0 aliphatic rings. The fourth-order valence-corrected chi connectivity index (χ4v) is 2.27. The first-order valence-corrected chi connectivity index (χ1v) is 7.69. The molecule has 0 radical (unpaired) electrons. The van der Waals surface area contributed by atoms with E-state index in [1.165, 1.54) is 0 Å². The molecule has 0 aromatic heterocycles. The average Bonchev–Trinajstić information content (AvgIpc) is 2.34. The molecule has 0 heterocycles. The van der Waals surface area contributed by atoms with Gasteiger partial charge in [-0.05, 0) is 19.1 Å². The monoisotopic (exact) mass is 302 g/mol. The van der Waals surface area contributed by atoms with Crippen LogP contribution in [-0.4, -0.2) is 39.9 Å². The van der Waals surface area contributed by atoms with E-state index < -0.39 is 21.7 Å². The number of nitrogens with one attached hydrogen (secondary N) is 1. The minimum atomic E-state index is -3.69. The second kappa shape index (κ2) is 7.71. The van der Waals surface area contributed by atoms with Gasteiger partial charge in [0.2, 0.25) is 10.0 Å². The van der Waals surface area contributed by atoms with Crippen LogP contribution in [0, 0.1) is 0 Å². The lowest BCUT2D eigenvalue weighted by Gasteiger charge is -2.08. The van der Waals surface area contributed by atoms with E-state index in [-0.39, 0.29) is 19.8 Å². The van der Waals surface area contributed by atoms with Gasteiger partial charge in [0, 0.05) is 18.3 Å². The van der Waals surface area contributed by atoms with E-state index in [0.717, 1.165) is 0 Å². The van der Waals surface area contributed by atoms with Crippen molar-refractivity contribution in [3.63, 3.8) is 0 Å². The number of carbonyl (C=O) groups excluding carboxylic acids is 1. The zero-order chi connectivity index (χ0) is 15.0. The molecule has 0 saturated carbocycles. The normalized spacial score (nSPS) is 11.1. The highest BCUT2D eigenvalue weighted by atomic mass is 32.2. The Kier molecular flexibility index (Phi) is 6.26. The summed E-state index contributed by atoms with van der Waals surface area (Å²) in [4.78, 5) is 11.1. The maximum absolute atomic E-state index is 11.5. The van der Waals surface area contributed by atoms with Gasteiger partial charge in [-0.3, -0.25) is 4.79 Å². The van der Waals surface area contributed by atoms with E-state index >= 15 is 0 Å². The largest absolute Gasteiger partial charge is 0.492 e. The van der Waals surface area contributed by atoms with Gasteiger partial charge in [-0.2, -0.15) is 0 Å². The first kappa shape index (κ1) is 16.3. The summed E-state index contributed by atoms with van der Waals surface area (Å²) in [7, 11) is -3.69. The fraction of sp³-hybridized carbons (Fsp3) is 0.417. The molecule has 0 aliphatic carbocycles. The molecule has 112 valence electrons. The van der Waals surface area contributed by atoms with E-state index in [4.69, 9.17) is 10.5 Å². The van der Waals surface area contributed by atoms with Crippen molar-refractivity contribution in [2.75, 3.05) is 31.2 Å². The highest BCUT2D eigenvalue weighted by Gasteiger charge is 2.16. The number of hydrogen-bond acceptors (Lipinski definition) is 6. The molecule has 3 N–H and O–H groups in total. The summed E-state index contributed by atoms with van der Waals surface area (Å²) in [6.07, 6.45) is 0. The Morgan fingerprint density at radius 1 is 1.40 bits per heavy atom. The molecule has 0 spiro atoms. The summed E-state index contributed by atoms with van der Waals surface area (Å²) in [6.45, 7) is 1.94. The van der Waals surface area contributed by atoms with Gasteiger partial charge < -0.3 is 15.2 Å². The Bertz CT molecular complexity index is 545. The van der Waals surface area contributed by atoms with Gasteiger partial charge >= 0.3 is 5.97 Å². The van der Waals surface area contributed by atoms with Crippen LogP contribution in [0.5, 0.6) is 5.75 Å². The van der Waals surface area contributed by atoms with Crippen molar-refractivity contribution >= 4 is 21.7 Å². The van der Waals surface area contributed by atoms with Gasteiger partial charge in [0.1, 0.15) is 12.4 Å². The number of hydrogen-bond donors (Lipinski definition) is 2. The van der Waals surface area contributed by atoms with Crippen molar-refractivity contribution in [3.8, 4) is 5.75 Å². The molecule has 0 aliphatic heterocycles. The number of ether oxygens (including phenoxy) is 2. The molecular weight excluding hydrogens is 284 g/mol. The number of esters is 1. The highest BCUT2D eigenvalue weighted by Crippen LogP contribution is 2.13. The first-order chi connectivity index (χ1) is 9.43. The number of nitrogens with two attached hydrogens (primary N) is 1. The lowest BCUT2D eigenvalue weighted by atomic mass is 10.3. The minimum Gasteiger partial charge on any atom is -0.492 e. The van der Waals surface area contributed by atoms with Crippen LogP contribution in [0.2, 0.25) is 0 Å². The van der Waals surface area contributed by atoms with Gasteiger partial charge in [-0.15, -0.1) is 0 Å². The maximum atomic E-state index is 11.5. The summed E-state index contributed by atoms with van der Waals surface area (Å²) >= 11 is 0. The molecule has 0 amide bonds. The predicted molar refractivity (Wildman–Crippen MR) is 74.8 cm³/mol. The summed E-state index contributed by atoms with van der Waals surface area (Å²) in [6, 6.07) is 6.79. The van der Waals surface area contributed by atoms with E-state index in [1.807, 2.05) is 0 Å². The zero-order valence-electron chi connectivity index (χ0n) is 11.2. The van der Waals surface area contributed by atoms with E-state index in [2.05, 4.69) is 9.46 Å². The predicted octanol–water partition coefficient (Wildman–Crippen LogP) is 0.130. The van der Waals surface area contributed by atoms with Crippen LogP contribution in [0.4, 0.5) is 5.69 Å². The SMILES string of the molecule is CCOC(=O)CS(=O)(=O)NCCOc1cccc(N)c1. The van der Waals surface area contributed by atoms with Crippen molar-refractivity contribution in [1.29, 1.82) is 0 Å². The first-order valence-electron chi connectivity index (χ1n) is 6.04. The second-order valence-corrected chi connectivity index (χ2v) is 5.69. The summed E-state index contributed by atoms with van der Waals surface area (Å²) in [5, 5.41) is 0. The van der Waals surface area contributed by atoms with E-state index in [1.54, 1.807) is 31.2 Å². The van der Waals surface area contributed by atoms with E-state index in [0.29, 0.717) is 11.4 Å². The van der Waals surface area contributed by atoms with Crippen LogP contribution >= 0.6 is 0 Å². The molecular formula is C12H18N2O5S. The lowest BCUT2D eigenvalue weighted by molar-refractivity contribution is -0.139. The average molecular weight is 302 g/mol. The highest BCUT2D eigenvalue weighted by molar-refractivity contribution is 7.90. The van der Waals surface area contributed by atoms with Crippen LogP contribution in [0.25, 0.3) is 0 Å². The minimum absolute atomic E-state index is 0.0521. The number of sulfonamides is 1. The third-order valence-corrected chi connectivity index (χ3v) is 3.42. The molecule has 1 rings (SSSR count). The summed E-state index contributed by atoms with van der Waals surface area (Å²) in [5.74, 6) is -0.926. The van der Waals surface area contributed by atoms with Crippen LogP contribution in [0.3, 0.4) is 0 Å². The Hall–Kier alpha value is -1.80. The Morgan fingerprint density at radius 3 is 2.80 bits per heavy atom. The number of anilines is 1. The molecule has 7 nitrogen and oxygen atoms in total. The van der Waals surface area contributed by atoms with Crippen molar-refractivity contribution in [1.82, 2.24) is 4.72 Å². The van der Waals surface area contributed by atoms with Crippen molar-refractivity contribution in [2.24, 2.45) is 0 Å². The van der Waals surface area contributed by atoms with Crippen LogP contribution < -0.4 is 15.2 Å². The summed E-state index contributed by atoms with van der Waals surface area (Å²) in [5.41, 5.74) is 6.13.